The first-order valence-electron chi connectivity index (χ1n) is 14.4. The van der Waals surface area contributed by atoms with Crippen molar-refractivity contribution in [3.05, 3.63) is 0 Å². The molecule has 1 unspecified atom stereocenters. The molecule has 240 valence electrons. The van der Waals surface area contributed by atoms with Crippen LogP contribution in [0.15, 0.2) is 0 Å². The van der Waals surface area contributed by atoms with E-state index in [2.05, 4.69) is 78.6 Å². The molecule has 0 radical (unpaired) electrons. The maximum Gasteiger partial charge on any atom is 0.455 e. The van der Waals surface area contributed by atoms with E-state index in [1.165, 1.54) is 0 Å². The van der Waals surface area contributed by atoms with Gasteiger partial charge in [-0.1, -0.05) is 0 Å². The molecule has 9 nitrogen and oxygen atoms in total. The van der Waals surface area contributed by atoms with Crippen LogP contribution in [0.2, 0.25) is 118 Å². The van der Waals surface area contributed by atoms with Gasteiger partial charge in [0.1, 0.15) is 18.3 Å². The first kappa shape index (κ1) is 39.2. The molecule has 1 aliphatic rings. The van der Waals surface area contributed by atoms with Crippen LogP contribution in [0.1, 0.15) is 0 Å². The Kier molecular flexibility index (Phi) is 13.4. The second kappa shape index (κ2) is 13.7. The molecule has 0 spiro atoms. The van der Waals surface area contributed by atoms with Crippen LogP contribution in [-0.2, 0) is 40.0 Å². The van der Waals surface area contributed by atoms with Crippen molar-refractivity contribution in [3.8, 4) is 0 Å². The lowest BCUT2D eigenvalue weighted by molar-refractivity contribution is -0.135. The molecule has 0 amide bonds. The lowest BCUT2D eigenvalue weighted by Crippen LogP contribution is -2.53. The highest BCUT2D eigenvalue weighted by Gasteiger charge is 2.54. The topological polar surface area (TPSA) is 90.9 Å². The van der Waals surface area contributed by atoms with Crippen molar-refractivity contribution < 1.29 is 40.0 Å². The highest BCUT2D eigenvalue weighted by atomic mass is 31.2. The van der Waals surface area contributed by atoms with Crippen LogP contribution in [0, 0.1) is 0 Å². The Morgan fingerprint density at radius 3 is 1.32 bits per heavy atom. The second-order valence-electron chi connectivity index (χ2n) is 16.5. The Balaban J connectivity index is 3.57. The van der Waals surface area contributed by atoms with Crippen LogP contribution < -0.4 is 0 Å². The summed E-state index contributed by atoms with van der Waals surface area (Å²) in [4.78, 5) is 0. The minimum absolute atomic E-state index is 0.0218. The van der Waals surface area contributed by atoms with E-state index in [-0.39, 0.29) is 6.61 Å². The third-order valence-corrected chi connectivity index (χ3v) is 15.2. The fourth-order valence-electron chi connectivity index (χ4n) is 4.02. The largest absolute Gasteiger partial charge is 0.455 e. The molecule has 0 bridgehead atoms. The molecule has 0 aromatic heterocycles. The summed E-state index contributed by atoms with van der Waals surface area (Å²) in [6.45, 7) is 37.5. The Hall–Kier alpha value is 1.21. The molecule has 5 atom stereocenters. The summed E-state index contributed by atoms with van der Waals surface area (Å²) >= 11 is 0. The second-order valence-corrected chi connectivity index (χ2v) is 45.4. The fourth-order valence-corrected chi connectivity index (χ4v) is 14.8. The van der Waals surface area contributed by atoms with Gasteiger partial charge in [0.25, 0.3) is 0 Å². The molecule has 1 saturated heterocycles. The Labute approximate surface area is 252 Å². The summed E-state index contributed by atoms with van der Waals surface area (Å²) in [5.41, 5.74) is 0. The lowest BCUT2D eigenvalue weighted by atomic mass is 10.1. The molecule has 0 saturated carbocycles. The Morgan fingerprint density at radius 1 is 0.575 bits per heavy atom. The highest BCUT2D eigenvalue weighted by Crippen LogP contribution is 2.54. The van der Waals surface area contributed by atoms with Crippen LogP contribution in [0.5, 0.6) is 0 Å². The summed E-state index contributed by atoms with van der Waals surface area (Å²) in [5.74, 6) is 0. The van der Waals surface area contributed by atoms with E-state index < -0.39 is 88.4 Å². The third-order valence-electron chi connectivity index (χ3n) is 4.70. The highest BCUT2D eigenvalue weighted by molar-refractivity contribution is 7.52. The van der Waals surface area contributed by atoms with Gasteiger partial charge in [-0.2, -0.15) is 0 Å². The van der Waals surface area contributed by atoms with Gasteiger partial charge in [0, 0.05) is 0 Å². The molecular weight excluding hydrogens is 632 g/mol. The summed E-state index contributed by atoms with van der Waals surface area (Å²) in [6, 6.07) is 0. The summed E-state index contributed by atoms with van der Waals surface area (Å²) in [6.07, 6.45) is -2.57. The maximum absolute atomic E-state index is 14.0. The molecule has 0 N–H and O–H groups in total. The molecule has 0 aromatic carbocycles. The van der Waals surface area contributed by atoms with Gasteiger partial charge in [0.05, 0.1) is 12.7 Å². The van der Waals surface area contributed by atoms with E-state index in [0.717, 1.165) is 0 Å². The minimum Gasteiger partial charge on any atom is -0.410 e. The van der Waals surface area contributed by atoms with E-state index in [0.29, 0.717) is 0 Å². The van der Waals surface area contributed by atoms with Gasteiger partial charge in [-0.15, -0.1) is 0 Å². The molecule has 1 aliphatic heterocycles. The number of ether oxygens (including phenoxy) is 1. The smallest absolute Gasteiger partial charge is 0.410 e. The molecule has 0 aromatic rings. The van der Waals surface area contributed by atoms with Gasteiger partial charge in [-0.3, -0.25) is 4.52 Å². The van der Waals surface area contributed by atoms with E-state index in [1.807, 2.05) is 39.3 Å². The Morgan fingerprint density at radius 2 is 0.975 bits per heavy atom. The van der Waals surface area contributed by atoms with Gasteiger partial charge in [0.15, 0.2) is 56.2 Å². The molecular formula is C24H61O9PSi6. The van der Waals surface area contributed by atoms with Gasteiger partial charge in [0.2, 0.25) is 0 Å². The van der Waals surface area contributed by atoms with Gasteiger partial charge in [-0.25, -0.2) is 4.57 Å². The average Bonchev–Trinajstić information content (AvgIpc) is 2.87. The molecule has 1 heterocycles. The monoisotopic (exact) mass is 692 g/mol. The summed E-state index contributed by atoms with van der Waals surface area (Å²) in [5, 5.41) is 0. The van der Waals surface area contributed by atoms with Crippen molar-refractivity contribution in [3.63, 3.8) is 0 Å². The quantitative estimate of drug-likeness (QED) is 0.118. The van der Waals surface area contributed by atoms with Crippen molar-refractivity contribution in [2.45, 2.75) is 149 Å². The first-order valence-corrected chi connectivity index (χ1v) is 36.3. The van der Waals surface area contributed by atoms with Crippen molar-refractivity contribution in [1.29, 1.82) is 0 Å². The van der Waals surface area contributed by atoms with Crippen molar-refractivity contribution in [1.82, 2.24) is 0 Å². The number of hydrogen-bond donors (Lipinski definition) is 0. The zero-order valence-electron chi connectivity index (χ0n) is 28.7. The molecule has 1 rings (SSSR count). The minimum atomic E-state index is -3.86. The standard InChI is InChI=1S/C24H61O9PSi6/c1-35(2,3)28-20(19-26-34(25,32-39(13,14)15)33-40(16,17)18)21-22(29-36(4,5)6)23(30-37(7,8)9)24(27-21)31-38(10,11)12/h20-24H,19H2,1-18H3/t20-,21+,22+,23-,24?/m1/s1. The van der Waals surface area contributed by atoms with Crippen LogP contribution in [0.25, 0.3) is 0 Å². The van der Waals surface area contributed by atoms with Crippen LogP contribution in [-0.4, -0.2) is 87.2 Å². The predicted molar refractivity (Wildman–Crippen MR) is 180 cm³/mol. The van der Waals surface area contributed by atoms with Gasteiger partial charge in [-0.05, 0) is 118 Å². The van der Waals surface area contributed by atoms with Crippen LogP contribution in [0.4, 0.5) is 0 Å². The molecule has 16 heteroatoms. The SMILES string of the molecule is C[Si](C)(C)OC1O[C@@H]([C@@H](COP(=O)(O[Si](C)(C)C)O[Si](C)(C)C)O[Si](C)(C)C)[C@H](O[Si](C)(C)C)[C@H]1O[Si](C)(C)C. The van der Waals surface area contributed by atoms with E-state index in [1.54, 1.807) is 0 Å². The molecule has 40 heavy (non-hydrogen) atoms. The zero-order chi connectivity index (χ0) is 31.8. The number of phosphoric acid groups is 1. The maximum atomic E-state index is 14.0. The predicted octanol–water partition coefficient (Wildman–Crippen LogP) is 8.05. The van der Waals surface area contributed by atoms with Gasteiger partial charge < -0.3 is 30.9 Å². The first-order chi connectivity index (χ1) is 17.4. The van der Waals surface area contributed by atoms with Crippen LogP contribution in [0.3, 0.4) is 0 Å². The van der Waals surface area contributed by atoms with Crippen molar-refractivity contribution in [2.75, 3.05) is 6.61 Å². The average molecular weight is 693 g/mol. The van der Waals surface area contributed by atoms with Crippen LogP contribution >= 0.6 is 7.82 Å². The van der Waals surface area contributed by atoms with E-state index in [4.69, 9.17) is 35.4 Å². The number of rotatable bonds is 16. The van der Waals surface area contributed by atoms with Gasteiger partial charge >= 0.3 is 7.82 Å². The zero-order valence-corrected chi connectivity index (χ0v) is 35.6. The number of hydrogen-bond acceptors (Lipinski definition) is 9. The fraction of sp³-hybridized carbons (Fsp3) is 1.00. The van der Waals surface area contributed by atoms with Crippen molar-refractivity contribution >= 4 is 57.7 Å². The molecule has 0 aliphatic carbocycles. The lowest BCUT2D eigenvalue weighted by Gasteiger charge is -2.38. The van der Waals surface area contributed by atoms with E-state index in [9.17, 15) is 4.57 Å². The summed E-state index contributed by atoms with van der Waals surface area (Å²) < 4.78 is 65.8. The van der Waals surface area contributed by atoms with E-state index >= 15 is 0 Å². The normalized spacial score (nSPS) is 24.9. The van der Waals surface area contributed by atoms with Crippen molar-refractivity contribution in [2.24, 2.45) is 0 Å². The molecule has 1 fully saturated rings. The summed E-state index contributed by atoms with van der Waals surface area (Å²) in [7, 11) is -16.6. The Bertz CT molecular complexity index is 834. The third kappa shape index (κ3) is 16.3.